The summed E-state index contributed by atoms with van der Waals surface area (Å²) in [6.45, 7) is 19.2. The molecule has 0 aromatic rings. The molecule has 4 aliphatic rings. The van der Waals surface area contributed by atoms with Gasteiger partial charge in [-0.15, -0.1) is 0 Å². The van der Waals surface area contributed by atoms with Gasteiger partial charge < -0.3 is 29.9 Å². The summed E-state index contributed by atoms with van der Waals surface area (Å²) >= 11 is 0. The van der Waals surface area contributed by atoms with Crippen molar-refractivity contribution in [3.05, 3.63) is 0 Å². The van der Waals surface area contributed by atoms with E-state index in [9.17, 15) is 9.59 Å². The van der Waals surface area contributed by atoms with Gasteiger partial charge in [0.15, 0.2) is 0 Å². The molecule has 0 aromatic heterocycles. The molecule has 2 amide bonds. The first-order valence-electron chi connectivity index (χ1n) is 12.3. The van der Waals surface area contributed by atoms with E-state index in [1.807, 2.05) is 51.3 Å². The minimum atomic E-state index is -0.386. The average molecular weight is 453 g/mol. The number of rotatable bonds is 0. The summed E-state index contributed by atoms with van der Waals surface area (Å²) in [5.74, 6) is 2.60. The third kappa shape index (κ3) is 7.24. The zero-order valence-electron chi connectivity index (χ0n) is 20.9. The van der Waals surface area contributed by atoms with E-state index in [-0.39, 0.29) is 23.4 Å². The van der Waals surface area contributed by atoms with Crippen LogP contribution in [0.15, 0.2) is 0 Å². The monoisotopic (exact) mass is 452 g/mol. The molecular formula is C24H44N4O4. The van der Waals surface area contributed by atoms with Crippen molar-refractivity contribution < 1.29 is 19.1 Å². The predicted octanol–water partition coefficient (Wildman–Crippen LogP) is 2.93. The fourth-order valence-corrected chi connectivity index (χ4v) is 5.10. The minimum absolute atomic E-state index is 0.151. The van der Waals surface area contributed by atoms with E-state index in [1.165, 1.54) is 12.8 Å². The zero-order valence-corrected chi connectivity index (χ0v) is 20.9. The molecule has 8 nitrogen and oxygen atoms in total. The van der Waals surface area contributed by atoms with E-state index in [4.69, 9.17) is 9.47 Å². The summed E-state index contributed by atoms with van der Waals surface area (Å²) in [6, 6.07) is 0. The maximum absolute atomic E-state index is 11.9. The van der Waals surface area contributed by atoms with Gasteiger partial charge in [-0.3, -0.25) is 0 Å². The highest BCUT2D eigenvalue weighted by Gasteiger charge is 2.39. The fourth-order valence-electron chi connectivity index (χ4n) is 5.10. The molecule has 4 saturated heterocycles. The van der Waals surface area contributed by atoms with Crippen LogP contribution in [0.2, 0.25) is 0 Å². The van der Waals surface area contributed by atoms with Crippen LogP contribution < -0.4 is 10.6 Å². The molecule has 0 bridgehead atoms. The number of amides is 2. The van der Waals surface area contributed by atoms with Crippen molar-refractivity contribution in [2.24, 2.45) is 23.7 Å². The summed E-state index contributed by atoms with van der Waals surface area (Å²) in [4.78, 5) is 27.5. The van der Waals surface area contributed by atoms with Crippen molar-refractivity contribution >= 4 is 12.2 Å². The van der Waals surface area contributed by atoms with Crippen LogP contribution in [0, 0.1) is 23.7 Å². The molecule has 0 unspecified atom stereocenters. The first-order valence-corrected chi connectivity index (χ1v) is 12.3. The quantitative estimate of drug-likeness (QED) is 0.588. The average Bonchev–Trinajstić information content (AvgIpc) is 3.30. The van der Waals surface area contributed by atoms with Gasteiger partial charge in [0.25, 0.3) is 0 Å². The Labute approximate surface area is 193 Å². The molecule has 0 saturated carbocycles. The van der Waals surface area contributed by atoms with Crippen molar-refractivity contribution in [2.45, 2.75) is 65.6 Å². The molecule has 4 rings (SSSR count). The van der Waals surface area contributed by atoms with Gasteiger partial charge in [-0.25, -0.2) is 9.59 Å². The number of fused-ring (bicyclic) bond motifs is 2. The van der Waals surface area contributed by atoms with Crippen LogP contribution in [-0.4, -0.2) is 85.5 Å². The van der Waals surface area contributed by atoms with Gasteiger partial charge in [0.1, 0.15) is 11.2 Å². The number of nitrogens with zero attached hydrogens (tertiary/aromatic N) is 2. The van der Waals surface area contributed by atoms with Crippen molar-refractivity contribution in [1.29, 1.82) is 0 Å². The normalized spacial score (nSPS) is 30.1. The van der Waals surface area contributed by atoms with E-state index < -0.39 is 0 Å². The highest BCUT2D eigenvalue weighted by atomic mass is 16.6. The SMILES string of the molecule is CC(C)(C)OC(=O)N1C[C@@H]2CCNC[C@H]2C1.CC(C)(C)OC(=O)N1C[C@H]2CCNC[C@@H]2C1. The number of nitrogens with one attached hydrogen (secondary N) is 2. The Morgan fingerprint density at radius 1 is 0.656 bits per heavy atom. The lowest BCUT2D eigenvalue weighted by Gasteiger charge is -2.24. The molecule has 4 atom stereocenters. The molecule has 4 aliphatic heterocycles. The van der Waals surface area contributed by atoms with Crippen LogP contribution in [0.25, 0.3) is 0 Å². The van der Waals surface area contributed by atoms with Gasteiger partial charge in [0.2, 0.25) is 0 Å². The van der Waals surface area contributed by atoms with Gasteiger partial charge >= 0.3 is 12.2 Å². The Morgan fingerprint density at radius 2 is 1.00 bits per heavy atom. The molecule has 2 N–H and O–H groups in total. The standard InChI is InChI=1S/2C12H22N2O2/c2*1-12(2,3)16-11(15)14-7-9-4-5-13-6-10(9)8-14/h2*9-10,13H,4-8H2,1-3H3/t2*9-,10-/m10/s1. The van der Waals surface area contributed by atoms with Crippen molar-refractivity contribution in [2.75, 3.05) is 52.4 Å². The van der Waals surface area contributed by atoms with Gasteiger partial charge in [-0.2, -0.15) is 0 Å². The molecule has 8 heteroatoms. The lowest BCUT2D eigenvalue weighted by atomic mass is 9.90. The van der Waals surface area contributed by atoms with Crippen LogP contribution in [0.5, 0.6) is 0 Å². The van der Waals surface area contributed by atoms with Crippen molar-refractivity contribution in [3.63, 3.8) is 0 Å². The van der Waals surface area contributed by atoms with Gasteiger partial charge in [0.05, 0.1) is 0 Å². The molecule has 0 aromatic carbocycles. The number of hydrogen-bond acceptors (Lipinski definition) is 6. The van der Waals surface area contributed by atoms with Crippen LogP contribution in [0.1, 0.15) is 54.4 Å². The lowest BCUT2D eigenvalue weighted by Crippen LogP contribution is -2.36. The van der Waals surface area contributed by atoms with Crippen molar-refractivity contribution in [3.8, 4) is 0 Å². The van der Waals surface area contributed by atoms with E-state index in [0.29, 0.717) is 23.7 Å². The molecule has 184 valence electrons. The van der Waals surface area contributed by atoms with Crippen LogP contribution in [0.4, 0.5) is 9.59 Å². The Kier molecular flexibility index (Phi) is 7.97. The number of ether oxygens (including phenoxy) is 2. The van der Waals surface area contributed by atoms with E-state index >= 15 is 0 Å². The van der Waals surface area contributed by atoms with Crippen LogP contribution in [0.3, 0.4) is 0 Å². The first kappa shape index (κ1) is 25.1. The number of piperidine rings is 2. The summed E-state index contributed by atoms with van der Waals surface area (Å²) in [6.07, 6.45) is 2.07. The fraction of sp³-hybridized carbons (Fsp3) is 0.917. The van der Waals surface area contributed by atoms with Crippen LogP contribution in [-0.2, 0) is 9.47 Å². The van der Waals surface area contributed by atoms with Gasteiger partial charge in [-0.05, 0) is 104 Å². The summed E-state index contributed by atoms with van der Waals surface area (Å²) < 4.78 is 10.8. The maximum atomic E-state index is 11.9. The Hall–Kier alpha value is -1.54. The Bertz CT molecular complexity index is 573. The number of hydrogen-bond donors (Lipinski definition) is 2. The summed E-state index contributed by atoms with van der Waals surface area (Å²) in [5, 5.41) is 6.77. The third-order valence-electron chi connectivity index (χ3n) is 6.65. The Balaban J connectivity index is 0.000000181. The minimum Gasteiger partial charge on any atom is -0.444 e. The Morgan fingerprint density at radius 3 is 1.31 bits per heavy atom. The van der Waals surface area contributed by atoms with Crippen LogP contribution >= 0.6 is 0 Å². The molecule has 0 aliphatic carbocycles. The second-order valence-electron chi connectivity index (χ2n) is 11.8. The predicted molar refractivity (Wildman–Crippen MR) is 125 cm³/mol. The molecule has 32 heavy (non-hydrogen) atoms. The second kappa shape index (κ2) is 10.2. The molecule has 0 radical (unpaired) electrons. The summed E-state index contributed by atoms with van der Waals surface area (Å²) in [7, 11) is 0. The van der Waals surface area contributed by atoms with Gasteiger partial charge in [-0.1, -0.05) is 0 Å². The lowest BCUT2D eigenvalue weighted by molar-refractivity contribution is 0.0274. The second-order valence-corrected chi connectivity index (χ2v) is 11.8. The molecular weight excluding hydrogens is 408 g/mol. The number of likely N-dealkylation sites (tertiary alicyclic amines) is 2. The first-order chi connectivity index (χ1) is 14.9. The summed E-state index contributed by atoms with van der Waals surface area (Å²) in [5.41, 5.74) is -0.772. The largest absolute Gasteiger partial charge is 0.444 e. The third-order valence-corrected chi connectivity index (χ3v) is 6.65. The zero-order chi connectivity index (χ0) is 23.5. The molecule has 4 heterocycles. The van der Waals surface area contributed by atoms with E-state index in [1.54, 1.807) is 0 Å². The molecule has 4 fully saturated rings. The van der Waals surface area contributed by atoms with E-state index in [0.717, 1.165) is 52.4 Å². The maximum Gasteiger partial charge on any atom is 0.410 e. The number of carbonyl (C=O) groups is 2. The highest BCUT2D eigenvalue weighted by Crippen LogP contribution is 2.30. The van der Waals surface area contributed by atoms with Crippen molar-refractivity contribution in [1.82, 2.24) is 20.4 Å². The molecule has 0 spiro atoms. The topological polar surface area (TPSA) is 83.1 Å². The highest BCUT2D eigenvalue weighted by molar-refractivity contribution is 5.69. The van der Waals surface area contributed by atoms with Gasteiger partial charge in [0, 0.05) is 26.2 Å². The smallest absolute Gasteiger partial charge is 0.410 e. The van der Waals surface area contributed by atoms with E-state index in [2.05, 4.69) is 10.6 Å². The number of carbonyl (C=O) groups excluding carboxylic acids is 2.